The number of rotatable bonds is 10. The Morgan fingerprint density at radius 2 is 1.96 bits per heavy atom. The van der Waals surface area contributed by atoms with Gasteiger partial charge in [0.1, 0.15) is 6.61 Å². The van der Waals surface area contributed by atoms with Crippen LogP contribution in [0.2, 0.25) is 0 Å². The molecule has 0 atom stereocenters. The summed E-state index contributed by atoms with van der Waals surface area (Å²) in [4.78, 5) is 24.0. The molecule has 0 bridgehead atoms. The lowest BCUT2D eigenvalue weighted by Crippen LogP contribution is -2.29. The van der Waals surface area contributed by atoms with Gasteiger partial charge in [-0.2, -0.15) is 0 Å². The molecule has 130 valence electrons. The Balaban J connectivity index is 1.43. The molecule has 0 N–H and O–H groups in total. The van der Waals surface area contributed by atoms with Gasteiger partial charge in [0.2, 0.25) is 0 Å². The molecule has 0 aromatic heterocycles. The molecule has 5 nitrogen and oxygen atoms in total. The molecule has 5 heteroatoms. The van der Waals surface area contributed by atoms with E-state index in [2.05, 4.69) is 12.1 Å². The van der Waals surface area contributed by atoms with E-state index in [-0.39, 0.29) is 5.91 Å². The molecule has 0 saturated carbocycles. The van der Waals surface area contributed by atoms with Gasteiger partial charge in [-0.1, -0.05) is 49.2 Å². The minimum absolute atomic E-state index is 0.285. The van der Waals surface area contributed by atoms with Crippen molar-refractivity contribution in [2.75, 3.05) is 19.8 Å². The van der Waals surface area contributed by atoms with Crippen LogP contribution in [0.1, 0.15) is 37.7 Å². The van der Waals surface area contributed by atoms with Crippen molar-refractivity contribution in [1.29, 1.82) is 0 Å². The summed E-state index contributed by atoms with van der Waals surface area (Å²) >= 11 is 0. The van der Waals surface area contributed by atoms with Crippen molar-refractivity contribution in [1.82, 2.24) is 4.90 Å². The van der Waals surface area contributed by atoms with Gasteiger partial charge in [0, 0.05) is 6.61 Å². The van der Waals surface area contributed by atoms with Gasteiger partial charge in [0.25, 0.3) is 5.91 Å². The van der Waals surface area contributed by atoms with Crippen LogP contribution in [0.5, 0.6) is 0 Å². The summed E-state index contributed by atoms with van der Waals surface area (Å²) in [5.41, 5.74) is 1.20. The minimum atomic E-state index is -0.542. The molecule has 1 aromatic rings. The van der Waals surface area contributed by atoms with Crippen LogP contribution in [0.15, 0.2) is 42.5 Å². The summed E-state index contributed by atoms with van der Waals surface area (Å²) in [6, 6.07) is 10.2. The third kappa shape index (κ3) is 6.54. The summed E-state index contributed by atoms with van der Waals surface area (Å²) in [6.45, 7) is 2.10. The van der Waals surface area contributed by atoms with Crippen molar-refractivity contribution in [3.8, 4) is 0 Å². The van der Waals surface area contributed by atoms with Crippen LogP contribution in [0, 0.1) is 0 Å². The topological polar surface area (TPSA) is 55.8 Å². The van der Waals surface area contributed by atoms with Gasteiger partial charge in [-0.25, -0.2) is 9.69 Å². The normalized spacial score (nSPS) is 14.3. The number of imide groups is 1. The highest BCUT2D eigenvalue weighted by Crippen LogP contribution is 2.07. The highest BCUT2D eigenvalue weighted by Gasteiger charge is 2.26. The number of hydrogen-bond donors (Lipinski definition) is 0. The summed E-state index contributed by atoms with van der Waals surface area (Å²) in [5, 5.41) is 0. The number of hydrogen-bond acceptors (Lipinski definition) is 4. The molecule has 0 aliphatic carbocycles. The predicted molar refractivity (Wildman–Crippen MR) is 91.4 cm³/mol. The van der Waals surface area contributed by atoms with Crippen LogP contribution in [-0.4, -0.2) is 36.7 Å². The summed E-state index contributed by atoms with van der Waals surface area (Å²) < 4.78 is 10.4. The van der Waals surface area contributed by atoms with E-state index < -0.39 is 6.09 Å². The van der Waals surface area contributed by atoms with Crippen molar-refractivity contribution in [3.63, 3.8) is 0 Å². The van der Waals surface area contributed by atoms with Gasteiger partial charge in [-0.3, -0.25) is 4.79 Å². The monoisotopic (exact) mass is 331 g/mol. The first kappa shape index (κ1) is 18.2. The molecule has 0 unspecified atom stereocenters. The van der Waals surface area contributed by atoms with Crippen LogP contribution >= 0.6 is 0 Å². The average Bonchev–Trinajstić information content (AvgIpc) is 3.03. The fraction of sp³-hybridized carbons (Fsp3) is 0.474. The third-order valence-corrected chi connectivity index (χ3v) is 3.81. The second kappa shape index (κ2) is 10.6. The van der Waals surface area contributed by atoms with Crippen LogP contribution in [0.3, 0.4) is 0 Å². The Kier molecular flexibility index (Phi) is 8.04. The lowest BCUT2D eigenvalue weighted by Gasteiger charge is -2.06. The van der Waals surface area contributed by atoms with Gasteiger partial charge in [0.05, 0.1) is 13.2 Å². The van der Waals surface area contributed by atoms with Crippen molar-refractivity contribution in [2.24, 2.45) is 0 Å². The van der Waals surface area contributed by atoms with Crippen LogP contribution in [0.4, 0.5) is 4.79 Å². The van der Waals surface area contributed by atoms with E-state index in [1.54, 1.807) is 0 Å². The maximum atomic E-state index is 11.7. The zero-order chi connectivity index (χ0) is 17.0. The SMILES string of the molecule is O=C(/C=C/CCCCCCOCc1ccccc1)N1CCOC1=O. The molecule has 2 rings (SSSR count). The number of carbonyl (C=O) groups is 2. The standard InChI is InChI=1S/C19H25NO4/c21-18(20-13-15-24-19(20)22)12-8-3-1-2-4-9-14-23-16-17-10-6-5-7-11-17/h5-8,10-12H,1-4,9,13-16H2/b12-8+. The van der Waals surface area contributed by atoms with E-state index in [9.17, 15) is 9.59 Å². The van der Waals surface area contributed by atoms with Crippen molar-refractivity contribution < 1.29 is 19.1 Å². The Morgan fingerprint density at radius 3 is 2.71 bits per heavy atom. The molecule has 0 radical (unpaired) electrons. The number of benzene rings is 1. The zero-order valence-corrected chi connectivity index (χ0v) is 14.0. The minimum Gasteiger partial charge on any atom is -0.447 e. The van der Waals surface area contributed by atoms with Gasteiger partial charge in [-0.05, 0) is 30.9 Å². The number of cyclic esters (lactones) is 1. The second-order valence-corrected chi connectivity index (χ2v) is 5.75. The van der Waals surface area contributed by atoms with E-state index >= 15 is 0 Å². The number of allylic oxidation sites excluding steroid dienone is 1. The number of amides is 2. The first-order chi connectivity index (χ1) is 11.8. The smallest absolute Gasteiger partial charge is 0.416 e. The Labute approximate surface area is 143 Å². The average molecular weight is 331 g/mol. The molecule has 1 fully saturated rings. The Hall–Kier alpha value is -2.14. The van der Waals surface area contributed by atoms with E-state index in [0.29, 0.717) is 19.8 Å². The number of ether oxygens (including phenoxy) is 2. The van der Waals surface area contributed by atoms with Crippen molar-refractivity contribution >= 4 is 12.0 Å². The quantitative estimate of drug-likeness (QED) is 0.485. The molecule has 1 saturated heterocycles. The molecule has 1 heterocycles. The molecular weight excluding hydrogens is 306 g/mol. The molecular formula is C19H25NO4. The lowest BCUT2D eigenvalue weighted by atomic mass is 10.1. The molecule has 0 spiro atoms. The first-order valence-corrected chi connectivity index (χ1v) is 8.54. The first-order valence-electron chi connectivity index (χ1n) is 8.54. The maximum absolute atomic E-state index is 11.7. The third-order valence-electron chi connectivity index (χ3n) is 3.81. The Morgan fingerprint density at radius 1 is 1.17 bits per heavy atom. The largest absolute Gasteiger partial charge is 0.447 e. The van der Waals surface area contributed by atoms with Gasteiger partial charge in [0.15, 0.2) is 0 Å². The molecule has 1 aliphatic heterocycles. The van der Waals surface area contributed by atoms with Gasteiger partial charge in [-0.15, -0.1) is 0 Å². The number of nitrogens with zero attached hydrogens (tertiary/aromatic N) is 1. The molecule has 2 amide bonds. The van der Waals surface area contributed by atoms with E-state index in [0.717, 1.165) is 43.6 Å². The number of carbonyl (C=O) groups excluding carboxylic acids is 2. The van der Waals surface area contributed by atoms with Gasteiger partial charge >= 0.3 is 6.09 Å². The van der Waals surface area contributed by atoms with Crippen molar-refractivity contribution in [2.45, 2.75) is 38.7 Å². The summed E-state index contributed by atoms with van der Waals surface area (Å²) in [7, 11) is 0. The highest BCUT2D eigenvalue weighted by molar-refractivity contribution is 5.99. The molecule has 1 aliphatic rings. The van der Waals surface area contributed by atoms with Crippen LogP contribution in [0.25, 0.3) is 0 Å². The second-order valence-electron chi connectivity index (χ2n) is 5.75. The fourth-order valence-electron chi connectivity index (χ4n) is 2.45. The van der Waals surface area contributed by atoms with Crippen molar-refractivity contribution in [3.05, 3.63) is 48.0 Å². The van der Waals surface area contributed by atoms with Crippen LogP contribution in [-0.2, 0) is 20.9 Å². The summed E-state index contributed by atoms with van der Waals surface area (Å²) in [5.74, 6) is -0.285. The Bertz CT molecular complexity index is 542. The number of unbranched alkanes of at least 4 members (excludes halogenated alkanes) is 4. The summed E-state index contributed by atoms with van der Waals surface area (Å²) in [6.07, 6.45) is 7.92. The van der Waals surface area contributed by atoms with E-state index in [4.69, 9.17) is 9.47 Å². The van der Waals surface area contributed by atoms with E-state index in [1.165, 1.54) is 11.6 Å². The fourth-order valence-corrected chi connectivity index (χ4v) is 2.45. The predicted octanol–water partition coefficient (Wildman–Crippen LogP) is 3.69. The van der Waals surface area contributed by atoms with Crippen LogP contribution < -0.4 is 0 Å². The zero-order valence-electron chi connectivity index (χ0n) is 14.0. The maximum Gasteiger partial charge on any atom is 0.416 e. The lowest BCUT2D eigenvalue weighted by molar-refractivity contribution is -0.122. The van der Waals surface area contributed by atoms with E-state index in [1.807, 2.05) is 24.3 Å². The molecule has 1 aromatic carbocycles. The molecule has 24 heavy (non-hydrogen) atoms. The van der Waals surface area contributed by atoms with Gasteiger partial charge < -0.3 is 9.47 Å². The highest BCUT2D eigenvalue weighted by atomic mass is 16.6.